The minimum Gasteiger partial charge on any atom is -0.356 e. The van der Waals surface area contributed by atoms with Crippen LogP contribution in [0.25, 0.3) is 0 Å². The predicted molar refractivity (Wildman–Crippen MR) is 58.4 cm³/mol. The zero-order valence-electron chi connectivity index (χ0n) is 7.96. The van der Waals surface area contributed by atoms with Gasteiger partial charge in [0.15, 0.2) is 0 Å². The Labute approximate surface area is 97.2 Å². The van der Waals surface area contributed by atoms with E-state index in [2.05, 4.69) is 9.97 Å². The van der Waals surface area contributed by atoms with Crippen molar-refractivity contribution in [3.05, 3.63) is 16.5 Å². The smallest absolute Gasteiger partial charge is 0.225 e. The molecular formula is C9H10Cl2FN3. The summed E-state index contributed by atoms with van der Waals surface area (Å²) in [5.41, 5.74) is 0. The Balaban J connectivity index is 2.15. The Morgan fingerprint density at radius 1 is 1.27 bits per heavy atom. The second-order valence-electron chi connectivity index (χ2n) is 3.48. The molecule has 0 atom stereocenters. The van der Waals surface area contributed by atoms with Gasteiger partial charge in [0.2, 0.25) is 5.28 Å². The van der Waals surface area contributed by atoms with Crippen molar-refractivity contribution in [2.24, 2.45) is 0 Å². The first-order chi connectivity index (χ1) is 7.15. The van der Waals surface area contributed by atoms with Crippen molar-refractivity contribution in [3.8, 4) is 0 Å². The Bertz CT molecular complexity index is 333. The van der Waals surface area contributed by atoms with Gasteiger partial charge in [-0.1, -0.05) is 11.6 Å². The van der Waals surface area contributed by atoms with E-state index in [0.29, 0.717) is 36.9 Å². The van der Waals surface area contributed by atoms with Crippen molar-refractivity contribution in [2.45, 2.75) is 19.0 Å². The van der Waals surface area contributed by atoms with E-state index in [0.717, 1.165) is 0 Å². The summed E-state index contributed by atoms with van der Waals surface area (Å²) in [6.45, 7) is 1.29. The Kier molecular flexibility index (Phi) is 3.26. The van der Waals surface area contributed by atoms with Gasteiger partial charge >= 0.3 is 0 Å². The average Bonchev–Trinajstić information content (AvgIpc) is 2.17. The summed E-state index contributed by atoms with van der Waals surface area (Å²) in [6, 6.07) is 1.64. The summed E-state index contributed by atoms with van der Waals surface area (Å²) in [7, 11) is 0. The fraction of sp³-hybridized carbons (Fsp3) is 0.556. The van der Waals surface area contributed by atoms with Crippen molar-refractivity contribution in [3.63, 3.8) is 0 Å². The monoisotopic (exact) mass is 249 g/mol. The predicted octanol–water partition coefficient (Wildman–Crippen LogP) is 2.72. The Hall–Kier alpha value is -0.610. The second-order valence-corrected chi connectivity index (χ2v) is 4.20. The largest absolute Gasteiger partial charge is 0.356 e. The molecule has 3 nitrogen and oxygen atoms in total. The van der Waals surface area contributed by atoms with Crippen molar-refractivity contribution in [2.75, 3.05) is 18.0 Å². The molecule has 2 rings (SSSR count). The van der Waals surface area contributed by atoms with Crippen LogP contribution in [0.4, 0.5) is 10.2 Å². The van der Waals surface area contributed by atoms with Gasteiger partial charge in [-0.25, -0.2) is 14.4 Å². The minimum absolute atomic E-state index is 0.125. The van der Waals surface area contributed by atoms with Gasteiger partial charge in [-0.3, -0.25) is 0 Å². The van der Waals surface area contributed by atoms with Crippen molar-refractivity contribution >= 4 is 29.0 Å². The fourth-order valence-electron chi connectivity index (χ4n) is 1.62. The molecule has 2 heterocycles. The Morgan fingerprint density at radius 2 is 1.93 bits per heavy atom. The summed E-state index contributed by atoms with van der Waals surface area (Å²) in [6.07, 6.45) is 0.354. The SMILES string of the molecule is FC1CCN(c2cc(Cl)nc(Cl)n2)CC1. The zero-order chi connectivity index (χ0) is 10.8. The van der Waals surface area contributed by atoms with Crippen LogP contribution in [0.2, 0.25) is 10.4 Å². The average molecular weight is 250 g/mol. The molecule has 1 aromatic heterocycles. The lowest BCUT2D eigenvalue weighted by Gasteiger charge is -2.29. The molecule has 1 aromatic rings. The van der Waals surface area contributed by atoms with Gasteiger partial charge < -0.3 is 4.90 Å². The van der Waals surface area contributed by atoms with Gasteiger partial charge in [0.05, 0.1) is 0 Å². The molecule has 0 N–H and O–H groups in total. The number of anilines is 1. The third-order valence-corrected chi connectivity index (χ3v) is 2.77. The molecule has 15 heavy (non-hydrogen) atoms. The van der Waals surface area contributed by atoms with E-state index in [1.807, 2.05) is 4.90 Å². The lowest BCUT2D eigenvalue weighted by molar-refractivity contribution is 0.276. The highest BCUT2D eigenvalue weighted by Crippen LogP contribution is 2.22. The molecule has 1 saturated heterocycles. The standard InChI is InChI=1S/C9H10Cl2FN3/c10-7-5-8(14-9(11)13-7)15-3-1-6(12)2-4-15/h5-6H,1-4H2. The van der Waals surface area contributed by atoms with Crippen molar-refractivity contribution in [1.29, 1.82) is 0 Å². The van der Waals surface area contributed by atoms with Crippen LogP contribution in [0.3, 0.4) is 0 Å². The molecule has 0 saturated carbocycles. The molecule has 0 spiro atoms. The van der Waals surface area contributed by atoms with E-state index in [4.69, 9.17) is 23.2 Å². The normalized spacial score (nSPS) is 18.2. The zero-order valence-corrected chi connectivity index (χ0v) is 9.47. The van der Waals surface area contributed by atoms with Crippen LogP contribution in [-0.4, -0.2) is 29.2 Å². The highest BCUT2D eigenvalue weighted by atomic mass is 35.5. The van der Waals surface area contributed by atoms with E-state index >= 15 is 0 Å². The first kappa shape index (κ1) is 10.9. The van der Waals surface area contributed by atoms with Crippen LogP contribution in [0.15, 0.2) is 6.07 Å². The number of halogens is 3. The maximum absolute atomic E-state index is 12.9. The van der Waals surface area contributed by atoms with Crippen LogP contribution in [0.5, 0.6) is 0 Å². The minimum atomic E-state index is -0.700. The van der Waals surface area contributed by atoms with Gasteiger partial charge in [0.25, 0.3) is 0 Å². The summed E-state index contributed by atoms with van der Waals surface area (Å²) in [4.78, 5) is 9.79. The van der Waals surface area contributed by atoms with E-state index in [1.54, 1.807) is 6.07 Å². The first-order valence-electron chi connectivity index (χ1n) is 4.74. The van der Waals surface area contributed by atoms with Gasteiger partial charge in [0, 0.05) is 19.2 Å². The second kappa shape index (κ2) is 4.49. The molecule has 0 unspecified atom stereocenters. The quantitative estimate of drug-likeness (QED) is 0.566. The van der Waals surface area contributed by atoms with Crippen LogP contribution in [0, 0.1) is 0 Å². The Morgan fingerprint density at radius 3 is 2.53 bits per heavy atom. The fourth-order valence-corrected chi connectivity index (χ4v) is 2.02. The number of piperidine rings is 1. The van der Waals surface area contributed by atoms with Gasteiger partial charge in [-0.2, -0.15) is 0 Å². The van der Waals surface area contributed by atoms with Gasteiger partial charge in [-0.05, 0) is 24.4 Å². The van der Waals surface area contributed by atoms with Crippen LogP contribution < -0.4 is 4.90 Å². The number of hydrogen-bond acceptors (Lipinski definition) is 3. The van der Waals surface area contributed by atoms with E-state index in [1.165, 1.54) is 0 Å². The summed E-state index contributed by atoms with van der Waals surface area (Å²) < 4.78 is 12.9. The highest BCUT2D eigenvalue weighted by molar-refractivity contribution is 6.32. The third kappa shape index (κ3) is 2.69. The van der Waals surface area contributed by atoms with Crippen LogP contribution in [-0.2, 0) is 0 Å². The first-order valence-corrected chi connectivity index (χ1v) is 5.50. The lowest BCUT2D eigenvalue weighted by Crippen LogP contribution is -2.34. The van der Waals surface area contributed by atoms with Gasteiger partial charge in [-0.15, -0.1) is 0 Å². The van der Waals surface area contributed by atoms with Crippen molar-refractivity contribution < 1.29 is 4.39 Å². The maximum atomic E-state index is 12.9. The molecular weight excluding hydrogens is 240 g/mol. The van der Waals surface area contributed by atoms with E-state index in [-0.39, 0.29) is 5.28 Å². The molecule has 0 bridgehead atoms. The van der Waals surface area contributed by atoms with Crippen LogP contribution >= 0.6 is 23.2 Å². The summed E-state index contributed by atoms with van der Waals surface area (Å²) in [5.74, 6) is 0.673. The van der Waals surface area contributed by atoms with Crippen molar-refractivity contribution in [1.82, 2.24) is 9.97 Å². The number of hydrogen-bond donors (Lipinski definition) is 0. The summed E-state index contributed by atoms with van der Waals surface area (Å²) in [5, 5.41) is 0.437. The molecule has 1 aliphatic rings. The van der Waals surface area contributed by atoms with Gasteiger partial charge in [0.1, 0.15) is 17.1 Å². The van der Waals surface area contributed by atoms with E-state index < -0.39 is 6.17 Å². The third-order valence-electron chi connectivity index (χ3n) is 2.40. The molecule has 82 valence electrons. The molecule has 0 aromatic carbocycles. The lowest BCUT2D eigenvalue weighted by atomic mass is 10.1. The number of aromatic nitrogens is 2. The van der Waals surface area contributed by atoms with Crippen LogP contribution in [0.1, 0.15) is 12.8 Å². The molecule has 6 heteroatoms. The highest BCUT2D eigenvalue weighted by Gasteiger charge is 2.20. The molecule has 1 aliphatic heterocycles. The summed E-state index contributed by atoms with van der Waals surface area (Å²) >= 11 is 11.5. The number of nitrogens with zero attached hydrogens (tertiary/aromatic N) is 3. The molecule has 0 radical (unpaired) electrons. The number of rotatable bonds is 1. The number of alkyl halides is 1. The molecule has 1 fully saturated rings. The maximum Gasteiger partial charge on any atom is 0.225 e. The van der Waals surface area contributed by atoms with E-state index in [9.17, 15) is 4.39 Å². The molecule has 0 aliphatic carbocycles. The topological polar surface area (TPSA) is 29.0 Å². The molecule has 0 amide bonds.